The Kier molecular flexibility index (Phi) is 4.19. The number of carbonyl (C=O) groups is 1. The van der Waals surface area contributed by atoms with Gasteiger partial charge in [0.2, 0.25) is 5.91 Å². The van der Waals surface area contributed by atoms with Crippen molar-refractivity contribution >= 4 is 23.3 Å². The van der Waals surface area contributed by atoms with E-state index >= 15 is 0 Å². The number of pyridine rings is 1. The number of rotatable bonds is 5. The van der Waals surface area contributed by atoms with E-state index in [0.717, 1.165) is 0 Å². The Morgan fingerprint density at radius 1 is 1.57 bits per heavy atom. The van der Waals surface area contributed by atoms with Crippen LogP contribution in [0.4, 0.5) is 5.82 Å². The molecule has 14 heavy (non-hydrogen) atoms. The summed E-state index contributed by atoms with van der Waals surface area (Å²) < 4.78 is 0. The molecule has 0 aromatic carbocycles. The summed E-state index contributed by atoms with van der Waals surface area (Å²) in [5, 5.41) is 3.49. The average Bonchev–Trinajstić information content (AvgIpc) is 2.12. The first-order valence-corrected chi connectivity index (χ1v) is 4.71. The first-order chi connectivity index (χ1) is 6.68. The first-order valence-electron chi connectivity index (χ1n) is 4.33. The van der Waals surface area contributed by atoms with Gasteiger partial charge in [0, 0.05) is 13.0 Å². The number of primary amides is 1. The monoisotopic (exact) mass is 213 g/mol. The van der Waals surface area contributed by atoms with Crippen LogP contribution in [0.3, 0.4) is 0 Å². The Bertz CT molecular complexity index is 317. The summed E-state index contributed by atoms with van der Waals surface area (Å²) in [5.41, 5.74) is 4.99. The number of nitrogens with two attached hydrogens (primary N) is 1. The van der Waals surface area contributed by atoms with Crippen LogP contribution in [0, 0.1) is 0 Å². The second-order valence-electron chi connectivity index (χ2n) is 2.84. The van der Waals surface area contributed by atoms with E-state index in [9.17, 15) is 4.79 Å². The highest BCUT2D eigenvalue weighted by molar-refractivity contribution is 6.29. The molecule has 0 unspecified atom stereocenters. The number of anilines is 1. The summed E-state index contributed by atoms with van der Waals surface area (Å²) in [5.74, 6) is 0.424. The van der Waals surface area contributed by atoms with Gasteiger partial charge < -0.3 is 11.1 Å². The molecule has 1 rings (SSSR count). The number of hydrogen-bond donors (Lipinski definition) is 2. The topological polar surface area (TPSA) is 68.0 Å². The van der Waals surface area contributed by atoms with Crippen molar-refractivity contribution in [2.24, 2.45) is 5.73 Å². The van der Waals surface area contributed by atoms with Gasteiger partial charge in [-0.25, -0.2) is 4.98 Å². The van der Waals surface area contributed by atoms with Gasteiger partial charge in [-0.1, -0.05) is 17.7 Å². The van der Waals surface area contributed by atoms with E-state index in [1.54, 1.807) is 6.07 Å². The van der Waals surface area contributed by atoms with Crippen molar-refractivity contribution in [2.45, 2.75) is 12.8 Å². The molecule has 1 amide bonds. The molecule has 3 N–H and O–H groups in total. The zero-order valence-corrected chi connectivity index (χ0v) is 8.42. The third kappa shape index (κ3) is 4.09. The molecule has 0 aliphatic rings. The van der Waals surface area contributed by atoms with E-state index in [-0.39, 0.29) is 5.91 Å². The van der Waals surface area contributed by atoms with Crippen molar-refractivity contribution in [3.8, 4) is 0 Å². The van der Waals surface area contributed by atoms with Gasteiger partial charge >= 0.3 is 0 Å². The highest BCUT2D eigenvalue weighted by Crippen LogP contribution is 2.08. The second-order valence-corrected chi connectivity index (χ2v) is 3.23. The van der Waals surface area contributed by atoms with Crippen molar-refractivity contribution in [2.75, 3.05) is 11.9 Å². The van der Waals surface area contributed by atoms with Gasteiger partial charge in [0.1, 0.15) is 11.0 Å². The molecular formula is C9H12ClN3O. The van der Waals surface area contributed by atoms with Crippen LogP contribution in [-0.4, -0.2) is 17.4 Å². The second kappa shape index (κ2) is 5.44. The number of nitrogens with one attached hydrogen (secondary N) is 1. The minimum absolute atomic E-state index is 0.286. The van der Waals surface area contributed by atoms with Gasteiger partial charge in [-0.15, -0.1) is 0 Å². The van der Waals surface area contributed by atoms with Crippen LogP contribution in [0.25, 0.3) is 0 Å². The molecular weight excluding hydrogens is 202 g/mol. The van der Waals surface area contributed by atoms with E-state index in [2.05, 4.69) is 10.3 Å². The third-order valence-electron chi connectivity index (χ3n) is 1.62. The molecule has 5 heteroatoms. The van der Waals surface area contributed by atoms with Crippen LogP contribution in [0.5, 0.6) is 0 Å². The van der Waals surface area contributed by atoms with E-state index in [4.69, 9.17) is 17.3 Å². The Labute approximate surface area is 87.5 Å². The molecule has 0 aliphatic carbocycles. The number of amides is 1. The Balaban J connectivity index is 2.28. The van der Waals surface area contributed by atoms with Crippen molar-refractivity contribution < 1.29 is 4.79 Å². The standard InChI is InChI=1S/C9H12ClN3O/c10-7-3-1-5-9(13-7)12-6-2-4-8(11)14/h1,3,5H,2,4,6H2,(H2,11,14)(H,12,13). The molecule has 1 heterocycles. The average molecular weight is 214 g/mol. The van der Waals surface area contributed by atoms with E-state index in [1.165, 1.54) is 0 Å². The summed E-state index contributed by atoms with van der Waals surface area (Å²) in [4.78, 5) is 14.5. The molecule has 4 nitrogen and oxygen atoms in total. The molecule has 0 saturated heterocycles. The van der Waals surface area contributed by atoms with Crippen LogP contribution < -0.4 is 11.1 Å². The van der Waals surface area contributed by atoms with Crippen molar-refractivity contribution in [3.05, 3.63) is 23.4 Å². The maximum Gasteiger partial charge on any atom is 0.217 e. The molecule has 0 aliphatic heterocycles. The van der Waals surface area contributed by atoms with Gasteiger partial charge in [-0.05, 0) is 18.6 Å². The fourth-order valence-electron chi connectivity index (χ4n) is 0.986. The van der Waals surface area contributed by atoms with Crippen molar-refractivity contribution in [1.82, 2.24) is 4.98 Å². The van der Waals surface area contributed by atoms with Crippen LogP contribution in [0.15, 0.2) is 18.2 Å². The fraction of sp³-hybridized carbons (Fsp3) is 0.333. The van der Waals surface area contributed by atoms with Crippen molar-refractivity contribution in [1.29, 1.82) is 0 Å². The van der Waals surface area contributed by atoms with Crippen LogP contribution in [-0.2, 0) is 4.79 Å². The van der Waals surface area contributed by atoms with E-state index < -0.39 is 0 Å². The Hall–Kier alpha value is -1.29. The summed E-state index contributed by atoms with van der Waals surface area (Å²) in [7, 11) is 0. The zero-order valence-electron chi connectivity index (χ0n) is 7.66. The normalized spacial score (nSPS) is 9.79. The van der Waals surface area contributed by atoms with E-state index in [0.29, 0.717) is 30.4 Å². The highest BCUT2D eigenvalue weighted by atomic mass is 35.5. The minimum Gasteiger partial charge on any atom is -0.370 e. The summed E-state index contributed by atoms with van der Waals surface area (Å²) in [6.07, 6.45) is 1.08. The maximum absolute atomic E-state index is 10.4. The largest absolute Gasteiger partial charge is 0.370 e. The lowest BCUT2D eigenvalue weighted by Crippen LogP contribution is -2.12. The summed E-state index contributed by atoms with van der Waals surface area (Å²) in [6.45, 7) is 0.663. The van der Waals surface area contributed by atoms with Gasteiger partial charge in [-0.2, -0.15) is 0 Å². The molecule has 0 bridgehead atoms. The van der Waals surface area contributed by atoms with Crippen LogP contribution in [0.1, 0.15) is 12.8 Å². The molecule has 0 fully saturated rings. The molecule has 1 aromatic heterocycles. The van der Waals surface area contributed by atoms with Gasteiger partial charge in [0.25, 0.3) is 0 Å². The van der Waals surface area contributed by atoms with Gasteiger partial charge in [-0.3, -0.25) is 4.79 Å². The number of nitrogens with zero attached hydrogens (tertiary/aromatic N) is 1. The molecule has 0 spiro atoms. The van der Waals surface area contributed by atoms with Gasteiger partial charge in [0.15, 0.2) is 0 Å². The summed E-state index contributed by atoms with van der Waals surface area (Å²) >= 11 is 5.68. The number of aromatic nitrogens is 1. The molecule has 0 saturated carbocycles. The highest BCUT2D eigenvalue weighted by Gasteiger charge is 1.96. The maximum atomic E-state index is 10.4. The van der Waals surface area contributed by atoms with Crippen LogP contribution >= 0.6 is 11.6 Å². The lowest BCUT2D eigenvalue weighted by Gasteiger charge is -2.03. The zero-order chi connectivity index (χ0) is 10.4. The predicted molar refractivity (Wildman–Crippen MR) is 56.2 cm³/mol. The molecule has 0 atom stereocenters. The summed E-state index contributed by atoms with van der Waals surface area (Å²) in [6, 6.07) is 5.33. The first kappa shape index (κ1) is 10.8. The van der Waals surface area contributed by atoms with E-state index in [1.807, 2.05) is 12.1 Å². The van der Waals surface area contributed by atoms with Crippen LogP contribution in [0.2, 0.25) is 5.15 Å². The molecule has 76 valence electrons. The van der Waals surface area contributed by atoms with Crippen molar-refractivity contribution in [3.63, 3.8) is 0 Å². The minimum atomic E-state index is -0.286. The molecule has 1 aromatic rings. The smallest absolute Gasteiger partial charge is 0.217 e. The lowest BCUT2D eigenvalue weighted by molar-refractivity contribution is -0.118. The lowest BCUT2D eigenvalue weighted by atomic mass is 10.3. The third-order valence-corrected chi connectivity index (χ3v) is 1.83. The van der Waals surface area contributed by atoms with Gasteiger partial charge in [0.05, 0.1) is 0 Å². The Morgan fingerprint density at radius 3 is 3.00 bits per heavy atom. The quantitative estimate of drug-likeness (QED) is 0.574. The predicted octanol–water partition coefficient (Wildman–Crippen LogP) is 1.41. The fourth-order valence-corrected chi connectivity index (χ4v) is 1.15. The SMILES string of the molecule is NC(=O)CCCNc1cccc(Cl)n1. The number of hydrogen-bond acceptors (Lipinski definition) is 3. The number of carbonyl (C=O) groups excluding carboxylic acids is 1. The number of halogens is 1. The Morgan fingerprint density at radius 2 is 2.36 bits per heavy atom. The molecule has 0 radical (unpaired) electrons.